The van der Waals surface area contributed by atoms with Gasteiger partial charge in [0, 0.05) is 19.2 Å². The highest BCUT2D eigenvalue weighted by atomic mass is 19.1. The van der Waals surface area contributed by atoms with Gasteiger partial charge in [0.25, 0.3) is 0 Å². The summed E-state index contributed by atoms with van der Waals surface area (Å²) in [4.78, 5) is 4.08. The average molecular weight is 278 g/mol. The molecule has 0 bridgehead atoms. The van der Waals surface area contributed by atoms with E-state index in [9.17, 15) is 4.39 Å². The number of aromatic nitrogens is 3. The number of rotatable bonds is 5. The first-order valence-electron chi connectivity index (χ1n) is 5.91. The van der Waals surface area contributed by atoms with Gasteiger partial charge in [0.15, 0.2) is 11.7 Å². The van der Waals surface area contributed by atoms with Crippen molar-refractivity contribution in [3.63, 3.8) is 0 Å². The van der Waals surface area contributed by atoms with Crippen LogP contribution >= 0.6 is 0 Å². The van der Waals surface area contributed by atoms with E-state index in [0.29, 0.717) is 24.5 Å². The molecule has 8 heteroatoms. The Morgan fingerprint density at radius 1 is 1.50 bits per heavy atom. The Bertz CT molecular complexity index is 624. The molecule has 2 rings (SSSR count). The van der Waals surface area contributed by atoms with Gasteiger partial charge in [-0.25, -0.2) is 9.37 Å². The molecule has 0 amide bonds. The summed E-state index contributed by atoms with van der Waals surface area (Å²) in [6.45, 7) is 0.887. The zero-order chi connectivity index (χ0) is 14.5. The van der Waals surface area contributed by atoms with Gasteiger partial charge in [0.2, 0.25) is 0 Å². The number of oxime groups is 1. The molecule has 0 unspecified atom stereocenters. The number of aryl methyl sites for hydroxylation is 1. The average Bonchev–Trinajstić information content (AvgIpc) is 2.85. The molecule has 0 aliphatic carbocycles. The second kappa shape index (κ2) is 6.11. The Hall–Kier alpha value is -2.48. The summed E-state index contributed by atoms with van der Waals surface area (Å²) in [6.07, 6.45) is 1.61. The van der Waals surface area contributed by atoms with Gasteiger partial charge in [-0.3, -0.25) is 4.68 Å². The summed E-state index contributed by atoms with van der Waals surface area (Å²) in [6, 6.07) is 4.14. The van der Waals surface area contributed by atoms with Crippen molar-refractivity contribution in [2.24, 2.45) is 17.9 Å². The Morgan fingerprint density at radius 3 is 2.95 bits per heavy atom. The molecule has 106 valence electrons. The molecule has 0 spiro atoms. The second-order valence-electron chi connectivity index (χ2n) is 4.22. The fraction of sp³-hybridized carbons (Fsp3) is 0.250. The normalized spacial score (nSPS) is 11.8. The third kappa shape index (κ3) is 3.29. The number of nitrogens with two attached hydrogens (primary N) is 1. The molecule has 0 radical (unpaired) electrons. The largest absolute Gasteiger partial charge is 0.409 e. The minimum atomic E-state index is -0.443. The van der Waals surface area contributed by atoms with Crippen LogP contribution in [0.2, 0.25) is 0 Å². The number of amidine groups is 1. The topological polar surface area (TPSA) is 101 Å². The van der Waals surface area contributed by atoms with Gasteiger partial charge in [0.05, 0.1) is 6.54 Å². The summed E-state index contributed by atoms with van der Waals surface area (Å²) in [5.74, 6) is 0.0824. The smallest absolute Gasteiger partial charge is 0.170 e. The van der Waals surface area contributed by atoms with Gasteiger partial charge in [-0.1, -0.05) is 11.2 Å². The maximum Gasteiger partial charge on any atom is 0.170 e. The van der Waals surface area contributed by atoms with Crippen molar-refractivity contribution in [1.82, 2.24) is 20.1 Å². The summed E-state index contributed by atoms with van der Waals surface area (Å²) >= 11 is 0. The van der Waals surface area contributed by atoms with Crippen molar-refractivity contribution in [1.29, 1.82) is 0 Å². The van der Waals surface area contributed by atoms with Crippen LogP contribution in [-0.2, 0) is 20.1 Å². The lowest BCUT2D eigenvalue weighted by molar-refractivity contribution is 0.318. The van der Waals surface area contributed by atoms with E-state index in [1.807, 2.05) is 0 Å². The zero-order valence-corrected chi connectivity index (χ0v) is 10.9. The number of benzene rings is 1. The van der Waals surface area contributed by atoms with E-state index in [0.717, 1.165) is 5.56 Å². The molecular weight excluding hydrogens is 263 g/mol. The Kier molecular flexibility index (Phi) is 4.26. The second-order valence-corrected chi connectivity index (χ2v) is 4.22. The fourth-order valence-electron chi connectivity index (χ4n) is 1.77. The van der Waals surface area contributed by atoms with Crippen molar-refractivity contribution in [3.8, 4) is 0 Å². The lowest BCUT2D eigenvalue weighted by Crippen LogP contribution is -2.20. The minimum Gasteiger partial charge on any atom is -0.409 e. The number of hydrogen-bond donors (Lipinski definition) is 3. The van der Waals surface area contributed by atoms with E-state index >= 15 is 0 Å². The van der Waals surface area contributed by atoms with Gasteiger partial charge in [-0.05, 0) is 17.7 Å². The van der Waals surface area contributed by atoms with Crippen LogP contribution in [0.3, 0.4) is 0 Å². The standard InChI is InChI=1S/C12H15FN6O/c1-19-7-16-11(17-19)6-15-5-8-2-3-9(13)4-10(8)12(14)18-20/h2-4,7,15,20H,5-6H2,1H3,(H2,14,18). The van der Waals surface area contributed by atoms with Gasteiger partial charge in [-0.15, -0.1) is 0 Å². The van der Waals surface area contributed by atoms with E-state index < -0.39 is 5.82 Å². The molecule has 2 aromatic rings. The number of halogens is 1. The first-order chi connectivity index (χ1) is 9.60. The molecular formula is C12H15FN6O. The quantitative estimate of drug-likeness (QED) is 0.317. The molecule has 0 aliphatic rings. The maximum atomic E-state index is 13.2. The first kappa shape index (κ1) is 13.9. The predicted octanol–water partition coefficient (Wildman–Crippen LogP) is 0.338. The van der Waals surface area contributed by atoms with Crippen LogP contribution in [0.15, 0.2) is 29.7 Å². The van der Waals surface area contributed by atoms with Gasteiger partial charge in [0.1, 0.15) is 12.1 Å². The minimum absolute atomic E-state index is 0.128. The van der Waals surface area contributed by atoms with Crippen LogP contribution in [-0.4, -0.2) is 25.8 Å². The van der Waals surface area contributed by atoms with Gasteiger partial charge in [-0.2, -0.15) is 5.10 Å². The van der Waals surface area contributed by atoms with Gasteiger partial charge >= 0.3 is 0 Å². The third-order valence-electron chi connectivity index (χ3n) is 2.70. The number of nitrogens with zero attached hydrogens (tertiary/aromatic N) is 4. The molecule has 0 aliphatic heterocycles. The molecule has 0 saturated carbocycles. The molecule has 0 atom stereocenters. The Labute approximate surface area is 114 Å². The summed E-state index contributed by atoms with van der Waals surface area (Å²) < 4.78 is 14.8. The molecule has 4 N–H and O–H groups in total. The molecule has 20 heavy (non-hydrogen) atoms. The highest BCUT2D eigenvalue weighted by molar-refractivity contribution is 5.98. The third-order valence-corrected chi connectivity index (χ3v) is 2.70. The van der Waals surface area contributed by atoms with E-state index in [2.05, 4.69) is 20.6 Å². The summed E-state index contributed by atoms with van der Waals surface area (Å²) in [5.41, 5.74) is 6.60. The highest BCUT2D eigenvalue weighted by Gasteiger charge is 2.09. The first-order valence-corrected chi connectivity index (χ1v) is 5.91. The fourth-order valence-corrected chi connectivity index (χ4v) is 1.77. The van der Waals surface area contributed by atoms with E-state index in [1.54, 1.807) is 24.1 Å². The molecule has 0 fully saturated rings. The predicted molar refractivity (Wildman–Crippen MR) is 70.5 cm³/mol. The van der Waals surface area contributed by atoms with Crippen molar-refractivity contribution in [2.45, 2.75) is 13.1 Å². The summed E-state index contributed by atoms with van der Waals surface area (Å²) in [5, 5.41) is 18.9. The van der Waals surface area contributed by atoms with Crippen molar-refractivity contribution < 1.29 is 9.60 Å². The van der Waals surface area contributed by atoms with Gasteiger partial charge < -0.3 is 16.3 Å². The van der Waals surface area contributed by atoms with Crippen LogP contribution in [0.25, 0.3) is 0 Å². The van der Waals surface area contributed by atoms with Crippen molar-refractivity contribution in [2.75, 3.05) is 0 Å². The Balaban J connectivity index is 2.05. The van der Waals surface area contributed by atoms with Crippen LogP contribution in [0.1, 0.15) is 17.0 Å². The van der Waals surface area contributed by atoms with Crippen LogP contribution in [0.4, 0.5) is 4.39 Å². The summed E-state index contributed by atoms with van der Waals surface area (Å²) in [7, 11) is 1.78. The van der Waals surface area contributed by atoms with Crippen molar-refractivity contribution in [3.05, 3.63) is 47.3 Å². The monoisotopic (exact) mass is 278 g/mol. The SMILES string of the molecule is Cn1cnc(CNCc2ccc(F)cc2/C(N)=N/O)n1. The molecule has 1 aromatic carbocycles. The van der Waals surface area contributed by atoms with E-state index in [-0.39, 0.29) is 5.84 Å². The zero-order valence-electron chi connectivity index (χ0n) is 10.9. The number of nitrogens with one attached hydrogen (secondary N) is 1. The van der Waals surface area contributed by atoms with E-state index in [4.69, 9.17) is 10.9 Å². The van der Waals surface area contributed by atoms with Crippen LogP contribution in [0.5, 0.6) is 0 Å². The Morgan fingerprint density at radius 2 is 2.30 bits per heavy atom. The maximum absolute atomic E-state index is 13.2. The van der Waals surface area contributed by atoms with E-state index in [1.165, 1.54) is 12.1 Å². The lowest BCUT2D eigenvalue weighted by Gasteiger charge is -2.09. The van der Waals surface area contributed by atoms with Crippen LogP contribution in [0, 0.1) is 5.82 Å². The van der Waals surface area contributed by atoms with Crippen LogP contribution < -0.4 is 11.1 Å². The number of hydrogen-bond acceptors (Lipinski definition) is 5. The molecule has 7 nitrogen and oxygen atoms in total. The molecule has 1 aromatic heterocycles. The highest BCUT2D eigenvalue weighted by Crippen LogP contribution is 2.11. The van der Waals surface area contributed by atoms with Crippen molar-refractivity contribution >= 4 is 5.84 Å². The molecule has 0 saturated heterocycles. The molecule has 1 heterocycles. The lowest BCUT2D eigenvalue weighted by atomic mass is 10.1.